The first-order valence-electron chi connectivity index (χ1n) is 7.66. The van der Waals surface area contributed by atoms with Crippen LogP contribution in [0.4, 0.5) is 16.2 Å². The van der Waals surface area contributed by atoms with Gasteiger partial charge in [-0.15, -0.1) is 0 Å². The molecule has 5 nitrogen and oxygen atoms in total. The molecule has 1 aliphatic heterocycles. The second-order valence-electron chi connectivity index (χ2n) is 5.97. The first-order chi connectivity index (χ1) is 11.1. The van der Waals surface area contributed by atoms with Gasteiger partial charge in [-0.2, -0.15) is 10.2 Å². The van der Waals surface area contributed by atoms with Crippen molar-refractivity contribution in [3.05, 3.63) is 35.6 Å². The van der Waals surface area contributed by atoms with Gasteiger partial charge in [0.25, 0.3) is 0 Å². The van der Waals surface area contributed by atoms with Crippen LogP contribution in [-0.2, 0) is 0 Å². The summed E-state index contributed by atoms with van der Waals surface area (Å²) in [7, 11) is 0. The van der Waals surface area contributed by atoms with Crippen LogP contribution in [0.25, 0.3) is 11.3 Å². The second-order valence-corrected chi connectivity index (χ2v) is 5.97. The lowest BCUT2D eigenvalue weighted by atomic mass is 10.0. The third kappa shape index (κ3) is 3.24. The molecular weight excluding hydrogens is 293 g/mol. The highest BCUT2D eigenvalue weighted by Crippen LogP contribution is 2.27. The molecule has 1 aromatic heterocycles. The van der Waals surface area contributed by atoms with E-state index < -0.39 is 5.82 Å². The fourth-order valence-corrected chi connectivity index (χ4v) is 2.93. The van der Waals surface area contributed by atoms with Crippen molar-refractivity contribution in [2.24, 2.45) is 5.92 Å². The lowest BCUT2D eigenvalue weighted by Gasteiger charge is -2.32. The number of aromatic nitrogens is 2. The van der Waals surface area contributed by atoms with Crippen molar-refractivity contribution in [2.75, 3.05) is 23.7 Å². The fraction of sp³-hybridized carbons (Fsp3) is 0.353. The van der Waals surface area contributed by atoms with Crippen molar-refractivity contribution in [2.45, 2.75) is 19.8 Å². The van der Waals surface area contributed by atoms with E-state index in [-0.39, 0.29) is 11.5 Å². The molecule has 1 aromatic carbocycles. The van der Waals surface area contributed by atoms with E-state index in [0.717, 1.165) is 25.3 Å². The van der Waals surface area contributed by atoms with Crippen LogP contribution in [0.3, 0.4) is 0 Å². The van der Waals surface area contributed by atoms with Gasteiger partial charge in [-0.3, -0.25) is 0 Å². The van der Waals surface area contributed by atoms with E-state index in [2.05, 4.69) is 21.8 Å². The summed E-state index contributed by atoms with van der Waals surface area (Å²) in [6.07, 6.45) is 2.33. The van der Waals surface area contributed by atoms with E-state index in [4.69, 9.17) is 11.0 Å². The molecule has 2 heterocycles. The standard InChI is InChI=1S/C17H18FN5/c1-11-3-2-6-23(10-11)16-8-15(21-17(20)22-16)12-4-5-13(9-19)14(18)7-12/h4-5,7-8,11H,2-3,6,10H2,1H3,(H2,20,21,22)/t11-/m1/s1. The Morgan fingerprint density at radius 1 is 1.35 bits per heavy atom. The zero-order valence-corrected chi connectivity index (χ0v) is 13.0. The molecular formula is C17H18FN5. The van der Waals surface area contributed by atoms with Crippen LogP contribution in [0.1, 0.15) is 25.3 Å². The Kier molecular flexibility index (Phi) is 4.11. The largest absolute Gasteiger partial charge is 0.368 e. The van der Waals surface area contributed by atoms with Gasteiger partial charge in [0, 0.05) is 24.7 Å². The van der Waals surface area contributed by atoms with E-state index in [1.165, 1.54) is 18.6 Å². The molecule has 0 aliphatic carbocycles. The van der Waals surface area contributed by atoms with E-state index in [1.54, 1.807) is 6.07 Å². The number of anilines is 2. The van der Waals surface area contributed by atoms with Crippen LogP contribution in [0, 0.1) is 23.1 Å². The second kappa shape index (κ2) is 6.21. The van der Waals surface area contributed by atoms with Crippen LogP contribution < -0.4 is 10.6 Å². The number of nitriles is 1. The first kappa shape index (κ1) is 15.2. The minimum atomic E-state index is -0.560. The van der Waals surface area contributed by atoms with E-state index in [1.807, 2.05) is 12.1 Å². The number of hydrogen-bond acceptors (Lipinski definition) is 5. The molecule has 0 spiro atoms. The third-order valence-corrected chi connectivity index (χ3v) is 4.10. The van der Waals surface area contributed by atoms with E-state index >= 15 is 0 Å². The molecule has 3 rings (SSSR count). The van der Waals surface area contributed by atoms with Gasteiger partial charge in [-0.05, 0) is 30.9 Å². The number of hydrogen-bond donors (Lipinski definition) is 1. The smallest absolute Gasteiger partial charge is 0.222 e. The number of piperidine rings is 1. The summed E-state index contributed by atoms with van der Waals surface area (Å²) in [5.74, 6) is 0.982. The summed E-state index contributed by atoms with van der Waals surface area (Å²) in [5.41, 5.74) is 7.00. The molecule has 1 atom stereocenters. The minimum Gasteiger partial charge on any atom is -0.368 e. The molecule has 0 amide bonds. The number of nitrogens with two attached hydrogens (primary N) is 1. The molecule has 0 radical (unpaired) electrons. The number of halogens is 1. The molecule has 1 saturated heterocycles. The molecule has 1 aliphatic rings. The summed E-state index contributed by atoms with van der Waals surface area (Å²) in [6.45, 7) is 4.08. The average Bonchev–Trinajstić information content (AvgIpc) is 2.54. The van der Waals surface area contributed by atoms with Gasteiger partial charge in [0.2, 0.25) is 5.95 Å². The van der Waals surface area contributed by atoms with Crippen molar-refractivity contribution < 1.29 is 4.39 Å². The van der Waals surface area contributed by atoms with Gasteiger partial charge < -0.3 is 10.6 Å². The third-order valence-electron chi connectivity index (χ3n) is 4.10. The summed E-state index contributed by atoms with van der Waals surface area (Å²) in [6, 6.07) is 8.07. The zero-order chi connectivity index (χ0) is 16.4. The van der Waals surface area contributed by atoms with Gasteiger partial charge in [0.1, 0.15) is 17.7 Å². The first-order valence-corrected chi connectivity index (χ1v) is 7.66. The number of benzene rings is 1. The zero-order valence-electron chi connectivity index (χ0n) is 13.0. The maximum Gasteiger partial charge on any atom is 0.222 e. The lowest BCUT2D eigenvalue weighted by molar-refractivity contribution is 0.444. The Labute approximate surface area is 134 Å². The molecule has 0 unspecified atom stereocenters. The van der Waals surface area contributed by atoms with Crippen LogP contribution in [-0.4, -0.2) is 23.1 Å². The molecule has 2 aromatic rings. The van der Waals surface area contributed by atoms with Gasteiger partial charge in [-0.1, -0.05) is 13.0 Å². The number of nitrogen functional groups attached to an aromatic ring is 1. The van der Waals surface area contributed by atoms with Crippen LogP contribution in [0.5, 0.6) is 0 Å². The molecule has 118 valence electrons. The Morgan fingerprint density at radius 3 is 2.87 bits per heavy atom. The van der Waals surface area contributed by atoms with Crippen molar-refractivity contribution >= 4 is 11.8 Å². The Hall–Kier alpha value is -2.68. The molecule has 0 saturated carbocycles. The number of nitrogens with zero attached hydrogens (tertiary/aromatic N) is 4. The molecule has 23 heavy (non-hydrogen) atoms. The Bertz CT molecular complexity index is 768. The molecule has 1 fully saturated rings. The Balaban J connectivity index is 1.97. The maximum absolute atomic E-state index is 13.8. The highest BCUT2D eigenvalue weighted by molar-refractivity contribution is 5.65. The molecule has 6 heteroatoms. The van der Waals surface area contributed by atoms with Crippen molar-refractivity contribution in [3.8, 4) is 17.3 Å². The van der Waals surface area contributed by atoms with Crippen molar-refractivity contribution in [3.63, 3.8) is 0 Å². The maximum atomic E-state index is 13.8. The molecule has 2 N–H and O–H groups in total. The number of rotatable bonds is 2. The van der Waals surface area contributed by atoms with Gasteiger partial charge >= 0.3 is 0 Å². The van der Waals surface area contributed by atoms with Crippen molar-refractivity contribution in [1.82, 2.24) is 9.97 Å². The predicted octanol–water partition coefficient (Wildman–Crippen LogP) is 2.97. The topological polar surface area (TPSA) is 78.8 Å². The fourth-order valence-electron chi connectivity index (χ4n) is 2.93. The van der Waals surface area contributed by atoms with Crippen LogP contribution in [0.15, 0.2) is 24.3 Å². The molecule has 0 bridgehead atoms. The summed E-state index contributed by atoms with van der Waals surface area (Å²) in [4.78, 5) is 10.7. The highest BCUT2D eigenvalue weighted by Gasteiger charge is 2.19. The monoisotopic (exact) mass is 311 g/mol. The summed E-state index contributed by atoms with van der Waals surface area (Å²) >= 11 is 0. The quantitative estimate of drug-likeness (QED) is 0.922. The summed E-state index contributed by atoms with van der Waals surface area (Å²) in [5, 5.41) is 8.82. The SMILES string of the molecule is C[C@@H]1CCCN(c2cc(-c3ccc(C#N)c(F)c3)nc(N)n2)C1. The van der Waals surface area contributed by atoms with Crippen LogP contribution >= 0.6 is 0 Å². The predicted molar refractivity (Wildman–Crippen MR) is 87.2 cm³/mol. The van der Waals surface area contributed by atoms with Gasteiger partial charge in [0.15, 0.2) is 0 Å². The van der Waals surface area contributed by atoms with Gasteiger partial charge in [0.05, 0.1) is 11.3 Å². The minimum absolute atomic E-state index is 0.0147. The van der Waals surface area contributed by atoms with Crippen LogP contribution in [0.2, 0.25) is 0 Å². The van der Waals surface area contributed by atoms with Gasteiger partial charge in [-0.25, -0.2) is 9.37 Å². The van der Waals surface area contributed by atoms with Crippen molar-refractivity contribution in [1.29, 1.82) is 5.26 Å². The summed E-state index contributed by atoms with van der Waals surface area (Å²) < 4.78 is 13.8. The highest BCUT2D eigenvalue weighted by atomic mass is 19.1. The van der Waals surface area contributed by atoms with E-state index in [9.17, 15) is 4.39 Å². The van der Waals surface area contributed by atoms with E-state index in [0.29, 0.717) is 17.2 Å². The normalized spacial score (nSPS) is 17.8. The average molecular weight is 311 g/mol. The lowest BCUT2D eigenvalue weighted by Crippen LogP contribution is -2.35. The Morgan fingerprint density at radius 2 is 2.17 bits per heavy atom.